The maximum absolute atomic E-state index is 12.2. The predicted molar refractivity (Wildman–Crippen MR) is 92.6 cm³/mol. The Labute approximate surface area is 136 Å². The van der Waals surface area contributed by atoms with Crippen molar-refractivity contribution in [2.24, 2.45) is 5.92 Å². The number of hydrogen-bond donors (Lipinski definition) is 1. The minimum absolute atomic E-state index is 0.00242. The van der Waals surface area contributed by atoms with Crippen LogP contribution in [0.15, 0.2) is 48.7 Å². The molecule has 0 aliphatic rings. The molecule has 4 nitrogen and oxygen atoms in total. The van der Waals surface area contributed by atoms with Crippen molar-refractivity contribution in [3.63, 3.8) is 0 Å². The highest BCUT2D eigenvalue weighted by Gasteiger charge is 2.17. The van der Waals surface area contributed by atoms with Gasteiger partial charge in [0.2, 0.25) is 5.91 Å². The van der Waals surface area contributed by atoms with E-state index in [-0.39, 0.29) is 11.8 Å². The summed E-state index contributed by atoms with van der Waals surface area (Å²) in [5.41, 5.74) is 4.03. The summed E-state index contributed by atoms with van der Waals surface area (Å²) in [5, 5.41) is 3.04. The standard InChI is InChI=1S/C19H21N3O/c1-13(2)19(23)21-18-16(11-15-7-5-4-6-8-15)20-17-10-9-14(3)12-22(17)18/h4-10,12-13H,11H2,1-3H3,(H,21,23). The number of anilines is 1. The Hall–Kier alpha value is -2.62. The fraction of sp³-hybridized carbons (Fsp3) is 0.263. The van der Waals surface area contributed by atoms with Gasteiger partial charge in [-0.1, -0.05) is 50.2 Å². The van der Waals surface area contributed by atoms with Crippen molar-refractivity contribution in [2.75, 3.05) is 5.32 Å². The highest BCUT2D eigenvalue weighted by molar-refractivity contribution is 5.92. The lowest BCUT2D eigenvalue weighted by atomic mass is 10.1. The van der Waals surface area contributed by atoms with E-state index in [4.69, 9.17) is 4.98 Å². The third kappa shape index (κ3) is 3.26. The third-order valence-electron chi connectivity index (χ3n) is 3.82. The Kier molecular flexibility index (Phi) is 4.15. The second kappa shape index (κ2) is 6.24. The van der Waals surface area contributed by atoms with Crippen molar-refractivity contribution in [3.8, 4) is 0 Å². The lowest BCUT2D eigenvalue weighted by molar-refractivity contribution is -0.118. The van der Waals surface area contributed by atoms with Gasteiger partial charge in [0.25, 0.3) is 0 Å². The number of imidazole rings is 1. The van der Waals surface area contributed by atoms with Gasteiger partial charge in [-0.2, -0.15) is 0 Å². The van der Waals surface area contributed by atoms with Gasteiger partial charge in [0.05, 0.1) is 5.69 Å². The molecule has 0 saturated heterocycles. The van der Waals surface area contributed by atoms with Crippen LogP contribution in [-0.4, -0.2) is 15.3 Å². The monoisotopic (exact) mass is 307 g/mol. The molecule has 1 aromatic carbocycles. The van der Waals surface area contributed by atoms with Gasteiger partial charge in [0.1, 0.15) is 11.5 Å². The maximum atomic E-state index is 12.2. The Bertz CT molecular complexity index is 834. The predicted octanol–water partition coefficient (Wildman–Crippen LogP) is 3.83. The first-order valence-electron chi connectivity index (χ1n) is 7.87. The minimum Gasteiger partial charge on any atom is -0.310 e. The van der Waals surface area contributed by atoms with Crippen LogP contribution in [0.5, 0.6) is 0 Å². The molecule has 4 heteroatoms. The third-order valence-corrected chi connectivity index (χ3v) is 3.82. The average molecular weight is 307 g/mol. The molecule has 3 aromatic rings. The molecule has 1 N–H and O–H groups in total. The molecule has 0 unspecified atom stereocenters. The molecule has 0 spiro atoms. The molecule has 0 aliphatic carbocycles. The van der Waals surface area contributed by atoms with E-state index in [1.54, 1.807) is 0 Å². The SMILES string of the molecule is Cc1ccc2nc(Cc3ccccc3)c(NC(=O)C(C)C)n2c1. The molecule has 0 atom stereocenters. The molecule has 2 aromatic heterocycles. The van der Waals surface area contributed by atoms with Gasteiger partial charge in [-0.3, -0.25) is 9.20 Å². The molecule has 118 valence electrons. The number of benzene rings is 1. The number of aryl methyl sites for hydroxylation is 1. The fourth-order valence-electron chi connectivity index (χ4n) is 2.51. The number of rotatable bonds is 4. The smallest absolute Gasteiger partial charge is 0.228 e. The minimum atomic E-state index is -0.0741. The zero-order valence-electron chi connectivity index (χ0n) is 13.7. The van der Waals surface area contributed by atoms with E-state index in [1.807, 2.05) is 61.7 Å². The molecule has 2 heterocycles. The number of pyridine rings is 1. The summed E-state index contributed by atoms with van der Waals surface area (Å²) in [5.74, 6) is 0.698. The van der Waals surface area contributed by atoms with E-state index in [0.717, 1.165) is 22.7 Å². The van der Waals surface area contributed by atoms with Crippen molar-refractivity contribution in [1.29, 1.82) is 0 Å². The number of amides is 1. The molecule has 0 fully saturated rings. The van der Waals surface area contributed by atoms with Crippen molar-refractivity contribution in [3.05, 3.63) is 65.5 Å². The van der Waals surface area contributed by atoms with Gasteiger partial charge in [-0.25, -0.2) is 4.98 Å². The van der Waals surface area contributed by atoms with Gasteiger partial charge in [-0.05, 0) is 24.1 Å². The van der Waals surface area contributed by atoms with Crippen LogP contribution in [-0.2, 0) is 11.2 Å². The van der Waals surface area contributed by atoms with E-state index < -0.39 is 0 Å². The van der Waals surface area contributed by atoms with Crippen LogP contribution < -0.4 is 5.32 Å². The van der Waals surface area contributed by atoms with Crippen LogP contribution in [0.4, 0.5) is 5.82 Å². The molecule has 3 rings (SSSR count). The fourth-order valence-corrected chi connectivity index (χ4v) is 2.51. The Balaban J connectivity index is 2.06. The van der Waals surface area contributed by atoms with Crippen LogP contribution >= 0.6 is 0 Å². The number of aromatic nitrogens is 2. The highest BCUT2D eigenvalue weighted by atomic mass is 16.1. The van der Waals surface area contributed by atoms with E-state index in [1.165, 1.54) is 5.56 Å². The largest absolute Gasteiger partial charge is 0.310 e. The molecule has 0 radical (unpaired) electrons. The van der Waals surface area contributed by atoms with Gasteiger partial charge < -0.3 is 5.32 Å². The summed E-state index contributed by atoms with van der Waals surface area (Å²) in [7, 11) is 0. The summed E-state index contributed by atoms with van der Waals surface area (Å²) >= 11 is 0. The first kappa shape index (κ1) is 15.3. The zero-order chi connectivity index (χ0) is 16.4. The number of nitrogens with zero attached hydrogens (tertiary/aromatic N) is 2. The topological polar surface area (TPSA) is 46.4 Å². The molecule has 0 saturated carbocycles. The van der Waals surface area contributed by atoms with Crippen molar-refractivity contribution in [2.45, 2.75) is 27.2 Å². The number of fused-ring (bicyclic) bond motifs is 1. The Morgan fingerprint density at radius 3 is 2.61 bits per heavy atom. The Morgan fingerprint density at radius 1 is 1.17 bits per heavy atom. The summed E-state index contributed by atoms with van der Waals surface area (Å²) in [6.07, 6.45) is 2.70. The number of hydrogen-bond acceptors (Lipinski definition) is 2. The Morgan fingerprint density at radius 2 is 1.91 bits per heavy atom. The van der Waals surface area contributed by atoms with Gasteiger partial charge in [-0.15, -0.1) is 0 Å². The molecular formula is C19H21N3O. The zero-order valence-corrected chi connectivity index (χ0v) is 13.7. The number of carbonyl (C=O) groups is 1. The van der Waals surface area contributed by atoms with E-state index >= 15 is 0 Å². The van der Waals surface area contributed by atoms with Crippen LogP contribution in [0.3, 0.4) is 0 Å². The van der Waals surface area contributed by atoms with E-state index in [2.05, 4.69) is 17.4 Å². The highest BCUT2D eigenvalue weighted by Crippen LogP contribution is 2.22. The van der Waals surface area contributed by atoms with E-state index in [9.17, 15) is 4.79 Å². The van der Waals surface area contributed by atoms with Crippen molar-refractivity contribution < 1.29 is 4.79 Å². The van der Waals surface area contributed by atoms with Gasteiger partial charge in [0.15, 0.2) is 0 Å². The summed E-state index contributed by atoms with van der Waals surface area (Å²) in [4.78, 5) is 16.9. The van der Waals surface area contributed by atoms with Crippen LogP contribution in [0.25, 0.3) is 5.65 Å². The number of carbonyl (C=O) groups excluding carboxylic acids is 1. The van der Waals surface area contributed by atoms with Gasteiger partial charge >= 0.3 is 0 Å². The summed E-state index contributed by atoms with van der Waals surface area (Å²) < 4.78 is 1.97. The summed E-state index contributed by atoms with van der Waals surface area (Å²) in [6, 6.07) is 14.2. The van der Waals surface area contributed by atoms with Gasteiger partial charge in [0, 0.05) is 18.5 Å². The summed E-state index contributed by atoms with van der Waals surface area (Å²) in [6.45, 7) is 5.81. The second-order valence-electron chi connectivity index (χ2n) is 6.15. The quantitative estimate of drug-likeness (QED) is 0.796. The van der Waals surface area contributed by atoms with Crippen LogP contribution in [0.1, 0.15) is 30.7 Å². The van der Waals surface area contributed by atoms with Crippen LogP contribution in [0.2, 0.25) is 0 Å². The molecule has 1 amide bonds. The lowest BCUT2D eigenvalue weighted by Crippen LogP contribution is -2.19. The maximum Gasteiger partial charge on any atom is 0.228 e. The lowest BCUT2D eigenvalue weighted by Gasteiger charge is -2.10. The normalized spacial score (nSPS) is 11.1. The van der Waals surface area contributed by atoms with Crippen LogP contribution in [0, 0.1) is 12.8 Å². The average Bonchev–Trinajstić information content (AvgIpc) is 2.85. The first-order chi connectivity index (χ1) is 11.0. The number of nitrogens with one attached hydrogen (secondary N) is 1. The second-order valence-corrected chi connectivity index (χ2v) is 6.15. The molecule has 0 bridgehead atoms. The van der Waals surface area contributed by atoms with E-state index in [0.29, 0.717) is 6.42 Å². The molecule has 0 aliphatic heterocycles. The van der Waals surface area contributed by atoms with Crippen molar-refractivity contribution >= 4 is 17.4 Å². The molecular weight excluding hydrogens is 286 g/mol. The molecule has 23 heavy (non-hydrogen) atoms. The van der Waals surface area contributed by atoms with Crippen molar-refractivity contribution in [1.82, 2.24) is 9.38 Å². The first-order valence-corrected chi connectivity index (χ1v) is 7.87.